The number of rotatable bonds is 2. The van der Waals surface area contributed by atoms with Gasteiger partial charge in [-0.05, 0) is 30.4 Å². The smallest absolute Gasteiger partial charge is 0.255 e. The SMILES string of the molecule is O=C(NC1CCSCC1)c1ccncc1O. The Balaban J connectivity index is 2.00. The van der Waals surface area contributed by atoms with Crippen LogP contribution < -0.4 is 5.32 Å². The van der Waals surface area contributed by atoms with Crippen LogP contribution in [-0.4, -0.2) is 33.5 Å². The van der Waals surface area contributed by atoms with Gasteiger partial charge in [-0.15, -0.1) is 0 Å². The molecule has 2 N–H and O–H groups in total. The molecule has 86 valence electrons. The minimum absolute atomic E-state index is 0.0646. The van der Waals surface area contributed by atoms with E-state index in [0.29, 0.717) is 5.56 Å². The van der Waals surface area contributed by atoms with Crippen molar-refractivity contribution in [1.82, 2.24) is 10.3 Å². The van der Waals surface area contributed by atoms with Crippen molar-refractivity contribution < 1.29 is 9.90 Å². The zero-order valence-corrected chi connectivity index (χ0v) is 9.67. The third kappa shape index (κ3) is 2.66. The average molecular weight is 238 g/mol. The van der Waals surface area contributed by atoms with E-state index in [-0.39, 0.29) is 17.7 Å². The summed E-state index contributed by atoms with van der Waals surface area (Å²) in [5.74, 6) is 1.91. The summed E-state index contributed by atoms with van der Waals surface area (Å²) in [7, 11) is 0. The number of nitrogens with one attached hydrogen (secondary N) is 1. The van der Waals surface area contributed by atoms with E-state index in [4.69, 9.17) is 0 Å². The first-order chi connectivity index (χ1) is 7.77. The molecule has 1 fully saturated rings. The van der Waals surface area contributed by atoms with E-state index in [1.54, 1.807) is 0 Å². The zero-order valence-electron chi connectivity index (χ0n) is 8.85. The third-order valence-corrected chi connectivity index (χ3v) is 3.65. The number of amides is 1. The summed E-state index contributed by atoms with van der Waals surface area (Å²) in [5.41, 5.74) is 0.299. The molecule has 16 heavy (non-hydrogen) atoms. The topological polar surface area (TPSA) is 62.2 Å². The highest BCUT2D eigenvalue weighted by atomic mass is 32.2. The van der Waals surface area contributed by atoms with Gasteiger partial charge in [0.2, 0.25) is 0 Å². The Hall–Kier alpha value is -1.23. The lowest BCUT2D eigenvalue weighted by Gasteiger charge is -2.22. The quantitative estimate of drug-likeness (QED) is 0.818. The van der Waals surface area contributed by atoms with Crippen molar-refractivity contribution in [1.29, 1.82) is 0 Å². The lowest BCUT2D eigenvalue weighted by atomic mass is 10.1. The van der Waals surface area contributed by atoms with Crippen molar-refractivity contribution in [2.75, 3.05) is 11.5 Å². The molecule has 0 atom stereocenters. The maximum absolute atomic E-state index is 11.8. The number of pyridine rings is 1. The van der Waals surface area contributed by atoms with Crippen LogP contribution in [-0.2, 0) is 0 Å². The van der Waals surface area contributed by atoms with Crippen LogP contribution in [0.1, 0.15) is 23.2 Å². The molecule has 0 aliphatic carbocycles. The summed E-state index contributed by atoms with van der Waals surface area (Å²) in [6.07, 6.45) is 4.79. The first kappa shape index (κ1) is 11.3. The van der Waals surface area contributed by atoms with Gasteiger partial charge in [0.1, 0.15) is 5.75 Å². The molecule has 1 aliphatic rings. The fourth-order valence-corrected chi connectivity index (χ4v) is 2.79. The first-order valence-electron chi connectivity index (χ1n) is 5.29. The highest BCUT2D eigenvalue weighted by molar-refractivity contribution is 7.99. The van der Waals surface area contributed by atoms with E-state index < -0.39 is 0 Å². The van der Waals surface area contributed by atoms with Crippen molar-refractivity contribution in [3.05, 3.63) is 24.0 Å². The van der Waals surface area contributed by atoms with Gasteiger partial charge in [0.25, 0.3) is 5.91 Å². The van der Waals surface area contributed by atoms with Crippen molar-refractivity contribution in [3.63, 3.8) is 0 Å². The largest absolute Gasteiger partial charge is 0.505 e. The molecule has 1 aromatic rings. The zero-order chi connectivity index (χ0) is 11.4. The summed E-state index contributed by atoms with van der Waals surface area (Å²) in [4.78, 5) is 15.6. The molecule has 4 nitrogen and oxygen atoms in total. The van der Waals surface area contributed by atoms with Gasteiger partial charge in [-0.25, -0.2) is 0 Å². The van der Waals surface area contributed by atoms with Gasteiger partial charge in [0, 0.05) is 12.2 Å². The number of thioether (sulfide) groups is 1. The summed E-state index contributed by atoms with van der Waals surface area (Å²) in [5, 5.41) is 12.4. The monoisotopic (exact) mass is 238 g/mol. The predicted octanol–water partition coefficient (Wildman–Crippen LogP) is 1.41. The number of aromatic nitrogens is 1. The number of aromatic hydroxyl groups is 1. The fourth-order valence-electron chi connectivity index (χ4n) is 1.68. The molecule has 0 saturated carbocycles. The van der Waals surface area contributed by atoms with Crippen LogP contribution in [0.15, 0.2) is 18.5 Å². The van der Waals surface area contributed by atoms with E-state index in [9.17, 15) is 9.90 Å². The van der Waals surface area contributed by atoms with E-state index >= 15 is 0 Å². The number of nitrogens with zero attached hydrogens (tertiary/aromatic N) is 1. The van der Waals surface area contributed by atoms with Gasteiger partial charge in [0.05, 0.1) is 11.8 Å². The second-order valence-corrected chi connectivity index (χ2v) is 4.98. The molecular weight excluding hydrogens is 224 g/mol. The van der Waals surface area contributed by atoms with Crippen molar-refractivity contribution in [2.45, 2.75) is 18.9 Å². The van der Waals surface area contributed by atoms with E-state index in [1.165, 1.54) is 18.5 Å². The van der Waals surface area contributed by atoms with Crippen LogP contribution in [0.5, 0.6) is 5.75 Å². The minimum Gasteiger partial charge on any atom is -0.505 e. The Bertz CT molecular complexity index is 378. The highest BCUT2D eigenvalue weighted by Crippen LogP contribution is 2.19. The van der Waals surface area contributed by atoms with Crippen molar-refractivity contribution in [3.8, 4) is 5.75 Å². The highest BCUT2D eigenvalue weighted by Gasteiger charge is 2.18. The Morgan fingerprint density at radius 1 is 1.50 bits per heavy atom. The summed E-state index contributed by atoms with van der Waals surface area (Å²) in [6.45, 7) is 0. The maximum Gasteiger partial charge on any atom is 0.255 e. The lowest BCUT2D eigenvalue weighted by molar-refractivity contribution is 0.0932. The molecule has 1 aliphatic heterocycles. The van der Waals surface area contributed by atoms with Gasteiger partial charge in [-0.2, -0.15) is 11.8 Å². The van der Waals surface area contributed by atoms with E-state index in [0.717, 1.165) is 24.3 Å². The van der Waals surface area contributed by atoms with Gasteiger partial charge < -0.3 is 10.4 Å². The molecule has 0 unspecified atom stereocenters. The summed E-state index contributed by atoms with van der Waals surface area (Å²) < 4.78 is 0. The van der Waals surface area contributed by atoms with Gasteiger partial charge in [-0.3, -0.25) is 9.78 Å². The molecule has 2 heterocycles. The van der Waals surface area contributed by atoms with E-state index in [1.807, 2.05) is 11.8 Å². The van der Waals surface area contributed by atoms with Gasteiger partial charge >= 0.3 is 0 Å². The predicted molar refractivity (Wildman–Crippen MR) is 63.7 cm³/mol. The Labute approximate surface area is 98.5 Å². The number of carbonyl (C=O) groups excluding carboxylic acids is 1. The molecule has 5 heteroatoms. The molecule has 1 amide bonds. The van der Waals surface area contributed by atoms with Crippen LogP contribution >= 0.6 is 11.8 Å². The number of hydrogen-bond acceptors (Lipinski definition) is 4. The first-order valence-corrected chi connectivity index (χ1v) is 6.44. The van der Waals surface area contributed by atoms with Crippen LogP contribution in [0, 0.1) is 0 Å². The Kier molecular flexibility index (Phi) is 3.66. The second-order valence-electron chi connectivity index (χ2n) is 3.75. The standard InChI is InChI=1S/C11H14N2O2S/c14-10-7-12-4-1-9(10)11(15)13-8-2-5-16-6-3-8/h1,4,7-8,14H,2-3,5-6H2,(H,13,15). The number of hydrogen-bond donors (Lipinski definition) is 2. The van der Waals surface area contributed by atoms with Gasteiger partial charge in [0.15, 0.2) is 0 Å². The normalized spacial score (nSPS) is 17.0. The van der Waals surface area contributed by atoms with Crippen LogP contribution in [0.3, 0.4) is 0 Å². The maximum atomic E-state index is 11.8. The Morgan fingerprint density at radius 3 is 2.94 bits per heavy atom. The molecule has 0 bridgehead atoms. The van der Waals surface area contributed by atoms with Crippen LogP contribution in [0.25, 0.3) is 0 Å². The van der Waals surface area contributed by atoms with Crippen molar-refractivity contribution in [2.24, 2.45) is 0 Å². The average Bonchev–Trinajstić information content (AvgIpc) is 2.31. The molecule has 1 saturated heterocycles. The third-order valence-electron chi connectivity index (χ3n) is 2.60. The Morgan fingerprint density at radius 2 is 2.25 bits per heavy atom. The van der Waals surface area contributed by atoms with Crippen molar-refractivity contribution >= 4 is 17.7 Å². The molecule has 1 aromatic heterocycles. The molecule has 0 spiro atoms. The second kappa shape index (κ2) is 5.21. The van der Waals surface area contributed by atoms with Crippen LogP contribution in [0.4, 0.5) is 0 Å². The van der Waals surface area contributed by atoms with E-state index in [2.05, 4.69) is 10.3 Å². The molecular formula is C11H14N2O2S. The number of carbonyl (C=O) groups is 1. The molecule has 2 rings (SSSR count). The fraction of sp³-hybridized carbons (Fsp3) is 0.455. The molecule has 0 aromatic carbocycles. The lowest BCUT2D eigenvalue weighted by Crippen LogP contribution is -2.37. The van der Waals surface area contributed by atoms with Crippen LogP contribution in [0.2, 0.25) is 0 Å². The molecule has 0 radical (unpaired) electrons. The van der Waals surface area contributed by atoms with Gasteiger partial charge in [-0.1, -0.05) is 0 Å². The minimum atomic E-state index is -0.211. The summed E-state index contributed by atoms with van der Waals surface area (Å²) >= 11 is 1.91. The summed E-state index contributed by atoms with van der Waals surface area (Å²) in [6, 6.07) is 1.77.